The molecule has 5 nitrogen and oxygen atoms in total. The number of nitrogens with zero attached hydrogens (tertiary/aromatic N) is 1. The number of hydrogen-bond donors (Lipinski definition) is 2. The highest BCUT2D eigenvalue weighted by atomic mass is 19.1. The molecule has 0 saturated carbocycles. The molecule has 0 bridgehead atoms. The Balaban J connectivity index is 2.71. The van der Waals surface area contributed by atoms with Gasteiger partial charge >= 0.3 is 0 Å². The summed E-state index contributed by atoms with van der Waals surface area (Å²) in [4.78, 5) is 11.3. The molecule has 0 aromatic heterocycles. The zero-order valence-corrected chi connectivity index (χ0v) is 10.6. The Morgan fingerprint density at radius 2 is 2.37 bits per heavy atom. The first-order valence-electron chi connectivity index (χ1n) is 5.84. The van der Waals surface area contributed by atoms with Crippen LogP contribution < -0.4 is 15.8 Å². The van der Waals surface area contributed by atoms with Gasteiger partial charge in [0.1, 0.15) is 6.54 Å². The van der Waals surface area contributed by atoms with Crippen LogP contribution in [-0.2, 0) is 11.2 Å². The first-order chi connectivity index (χ1) is 9.04. The largest absolute Gasteiger partial charge is 0.480 e. The molecule has 0 radical (unpaired) electrons. The molecule has 0 fully saturated rings. The van der Waals surface area contributed by atoms with Crippen LogP contribution >= 0.6 is 0 Å². The molecule has 102 valence electrons. The smallest absolute Gasteiger partial charge is 0.258 e. The fourth-order valence-electron chi connectivity index (χ4n) is 1.55. The van der Waals surface area contributed by atoms with Crippen molar-refractivity contribution in [2.24, 2.45) is 5.73 Å². The Labute approximate surface area is 111 Å². The number of ether oxygens (including phenoxy) is 1. The zero-order chi connectivity index (χ0) is 14.3. The lowest BCUT2D eigenvalue weighted by Gasteiger charge is -2.13. The van der Waals surface area contributed by atoms with E-state index >= 15 is 0 Å². The summed E-state index contributed by atoms with van der Waals surface area (Å²) in [6.07, 6.45) is 0.451. The number of amides is 1. The number of para-hydroxylation sites is 1. The molecule has 1 unspecified atom stereocenters. The van der Waals surface area contributed by atoms with Crippen molar-refractivity contribution in [1.82, 2.24) is 5.32 Å². The van der Waals surface area contributed by atoms with Gasteiger partial charge in [0.15, 0.2) is 18.2 Å². The minimum Gasteiger partial charge on any atom is -0.480 e. The Morgan fingerprint density at radius 3 is 3.00 bits per heavy atom. The van der Waals surface area contributed by atoms with Crippen LogP contribution in [0.25, 0.3) is 0 Å². The van der Waals surface area contributed by atoms with Gasteiger partial charge in [0, 0.05) is 6.04 Å². The van der Waals surface area contributed by atoms with Crippen molar-refractivity contribution < 1.29 is 13.9 Å². The zero-order valence-electron chi connectivity index (χ0n) is 10.6. The fraction of sp³-hybridized carbons (Fsp3) is 0.385. The maximum absolute atomic E-state index is 13.7. The third kappa shape index (κ3) is 4.94. The van der Waals surface area contributed by atoms with E-state index in [1.807, 2.05) is 0 Å². The molecule has 1 atom stereocenters. The summed E-state index contributed by atoms with van der Waals surface area (Å²) in [5.74, 6) is -0.977. The number of rotatable bonds is 6. The van der Waals surface area contributed by atoms with E-state index in [0.29, 0.717) is 12.0 Å². The van der Waals surface area contributed by atoms with Crippen LogP contribution in [0, 0.1) is 17.1 Å². The van der Waals surface area contributed by atoms with Crippen LogP contribution in [0.1, 0.15) is 12.5 Å². The van der Waals surface area contributed by atoms with E-state index in [1.165, 1.54) is 6.07 Å². The number of carbonyl (C=O) groups is 1. The molecule has 6 heteroatoms. The number of nitrogens with one attached hydrogen (secondary N) is 1. The molecule has 19 heavy (non-hydrogen) atoms. The molecule has 0 saturated heterocycles. The van der Waals surface area contributed by atoms with Crippen molar-refractivity contribution in [3.8, 4) is 11.8 Å². The number of hydrogen-bond acceptors (Lipinski definition) is 4. The molecular weight excluding hydrogens is 249 g/mol. The van der Waals surface area contributed by atoms with Crippen molar-refractivity contribution in [3.05, 3.63) is 29.6 Å². The second-order valence-corrected chi connectivity index (χ2v) is 4.13. The topological polar surface area (TPSA) is 88.1 Å². The molecule has 1 aromatic rings. The SMILES string of the molecule is CC(N)Cc1cccc(F)c1OCC(=O)NCC#N. The lowest BCUT2D eigenvalue weighted by molar-refractivity contribution is -0.122. The van der Waals surface area contributed by atoms with E-state index in [4.69, 9.17) is 15.7 Å². The minimum absolute atomic E-state index is 0.0342. The van der Waals surface area contributed by atoms with Crippen molar-refractivity contribution in [2.45, 2.75) is 19.4 Å². The standard InChI is InChI=1S/C13H16FN3O2/c1-9(16)7-10-3-2-4-11(14)13(10)19-8-12(18)17-6-5-15/h2-4,9H,6-8,16H2,1H3,(H,17,18). The predicted octanol–water partition coefficient (Wildman–Crippen LogP) is 0.734. The van der Waals surface area contributed by atoms with E-state index < -0.39 is 11.7 Å². The first-order valence-corrected chi connectivity index (χ1v) is 5.84. The number of benzene rings is 1. The molecule has 3 N–H and O–H groups in total. The third-order valence-corrected chi connectivity index (χ3v) is 2.30. The van der Waals surface area contributed by atoms with Gasteiger partial charge < -0.3 is 15.8 Å². The summed E-state index contributed by atoms with van der Waals surface area (Å²) in [7, 11) is 0. The molecule has 0 heterocycles. The molecular formula is C13H16FN3O2. The van der Waals surface area contributed by atoms with E-state index in [9.17, 15) is 9.18 Å². The first kappa shape index (κ1) is 14.9. The molecule has 1 amide bonds. The van der Waals surface area contributed by atoms with Crippen molar-refractivity contribution in [3.63, 3.8) is 0 Å². The number of halogens is 1. The lowest BCUT2D eigenvalue weighted by Crippen LogP contribution is -2.29. The second-order valence-electron chi connectivity index (χ2n) is 4.13. The molecule has 1 aromatic carbocycles. The fourth-order valence-corrected chi connectivity index (χ4v) is 1.55. The second kappa shape index (κ2) is 7.34. The molecule has 0 aliphatic carbocycles. The van der Waals surface area contributed by atoms with E-state index in [1.54, 1.807) is 25.1 Å². The van der Waals surface area contributed by atoms with Crippen molar-refractivity contribution in [1.29, 1.82) is 5.26 Å². The van der Waals surface area contributed by atoms with Crippen LogP contribution in [0.15, 0.2) is 18.2 Å². The summed E-state index contributed by atoms with van der Waals surface area (Å²) in [6, 6.07) is 6.15. The number of nitrogens with two attached hydrogens (primary N) is 1. The van der Waals surface area contributed by atoms with Gasteiger partial charge in [0.2, 0.25) is 0 Å². The summed E-state index contributed by atoms with van der Waals surface area (Å²) in [5, 5.41) is 10.6. The van der Waals surface area contributed by atoms with Gasteiger partial charge in [0.05, 0.1) is 6.07 Å². The van der Waals surface area contributed by atoms with E-state index in [-0.39, 0.29) is 24.9 Å². The van der Waals surface area contributed by atoms with Crippen LogP contribution in [-0.4, -0.2) is 25.1 Å². The molecule has 0 aliphatic heterocycles. The van der Waals surface area contributed by atoms with Crippen LogP contribution in [0.4, 0.5) is 4.39 Å². The average molecular weight is 265 g/mol. The van der Waals surface area contributed by atoms with Gasteiger partial charge in [-0.05, 0) is 25.0 Å². The maximum Gasteiger partial charge on any atom is 0.258 e. The minimum atomic E-state index is -0.536. The Bertz CT molecular complexity index is 483. The molecule has 0 spiro atoms. The van der Waals surface area contributed by atoms with Crippen LogP contribution in [0.5, 0.6) is 5.75 Å². The van der Waals surface area contributed by atoms with Crippen molar-refractivity contribution >= 4 is 5.91 Å². The van der Waals surface area contributed by atoms with E-state index in [0.717, 1.165) is 0 Å². The monoisotopic (exact) mass is 265 g/mol. The predicted molar refractivity (Wildman–Crippen MR) is 67.9 cm³/mol. The maximum atomic E-state index is 13.7. The van der Waals surface area contributed by atoms with Gasteiger partial charge in [0.25, 0.3) is 5.91 Å². The van der Waals surface area contributed by atoms with Gasteiger partial charge in [-0.1, -0.05) is 12.1 Å². The van der Waals surface area contributed by atoms with Gasteiger partial charge in [-0.2, -0.15) is 5.26 Å². The van der Waals surface area contributed by atoms with Gasteiger partial charge in [-0.3, -0.25) is 4.79 Å². The van der Waals surface area contributed by atoms with Gasteiger partial charge in [-0.25, -0.2) is 4.39 Å². The summed E-state index contributed by atoms with van der Waals surface area (Å²) in [6.45, 7) is 1.36. The van der Waals surface area contributed by atoms with E-state index in [2.05, 4.69) is 5.32 Å². The van der Waals surface area contributed by atoms with Crippen LogP contribution in [0.2, 0.25) is 0 Å². The highest BCUT2D eigenvalue weighted by Crippen LogP contribution is 2.23. The Hall–Kier alpha value is -2.13. The van der Waals surface area contributed by atoms with Gasteiger partial charge in [-0.15, -0.1) is 0 Å². The highest BCUT2D eigenvalue weighted by molar-refractivity contribution is 5.77. The van der Waals surface area contributed by atoms with Crippen molar-refractivity contribution in [2.75, 3.05) is 13.2 Å². The highest BCUT2D eigenvalue weighted by Gasteiger charge is 2.12. The van der Waals surface area contributed by atoms with Crippen LogP contribution in [0.3, 0.4) is 0 Å². The Morgan fingerprint density at radius 1 is 1.63 bits per heavy atom. The molecule has 0 aliphatic rings. The molecule has 1 rings (SSSR count). The Kier molecular flexibility index (Phi) is 5.76. The normalized spacial score (nSPS) is 11.5. The lowest BCUT2D eigenvalue weighted by atomic mass is 10.1. The number of carbonyl (C=O) groups excluding carboxylic acids is 1. The average Bonchev–Trinajstić information content (AvgIpc) is 2.35. The summed E-state index contributed by atoms with van der Waals surface area (Å²) in [5.41, 5.74) is 6.29. The third-order valence-electron chi connectivity index (χ3n) is 2.30. The quantitative estimate of drug-likeness (QED) is 0.742. The summed E-state index contributed by atoms with van der Waals surface area (Å²) >= 11 is 0. The number of nitriles is 1. The summed E-state index contributed by atoms with van der Waals surface area (Å²) < 4.78 is 18.8.